The Morgan fingerprint density at radius 1 is 1.54 bits per heavy atom. The van der Waals surface area contributed by atoms with Crippen LogP contribution in [0.25, 0.3) is 0 Å². The molecule has 0 radical (unpaired) electrons. The van der Waals surface area contributed by atoms with Crippen LogP contribution in [0.5, 0.6) is 0 Å². The third-order valence-electron chi connectivity index (χ3n) is 3.28. The average Bonchev–Trinajstić information content (AvgIpc) is 2.64. The van der Waals surface area contributed by atoms with E-state index in [1.165, 1.54) is 37.7 Å². The van der Waals surface area contributed by atoms with Crippen molar-refractivity contribution >= 4 is 0 Å². The van der Waals surface area contributed by atoms with Gasteiger partial charge in [0.15, 0.2) is 0 Å². The Bertz CT molecular complexity index is 278. The monoisotopic (exact) mass is 174 g/mol. The van der Waals surface area contributed by atoms with Crippen molar-refractivity contribution in [2.75, 3.05) is 0 Å². The SMILES string of the molecule is C=C1CCC(CC2=C(C)CC=C2)C1. The fourth-order valence-electron chi connectivity index (χ4n) is 2.40. The summed E-state index contributed by atoms with van der Waals surface area (Å²) < 4.78 is 0. The topological polar surface area (TPSA) is 0 Å². The van der Waals surface area contributed by atoms with Crippen molar-refractivity contribution in [2.24, 2.45) is 5.92 Å². The van der Waals surface area contributed by atoms with Crippen molar-refractivity contribution < 1.29 is 0 Å². The Kier molecular flexibility index (Phi) is 2.39. The summed E-state index contributed by atoms with van der Waals surface area (Å²) in [4.78, 5) is 0. The van der Waals surface area contributed by atoms with Gasteiger partial charge in [-0.15, -0.1) is 0 Å². The summed E-state index contributed by atoms with van der Waals surface area (Å²) in [6.45, 7) is 6.33. The predicted octanol–water partition coefficient (Wildman–Crippen LogP) is 4.01. The van der Waals surface area contributed by atoms with Gasteiger partial charge < -0.3 is 0 Å². The lowest BCUT2D eigenvalue weighted by Gasteiger charge is -2.09. The molecule has 0 aromatic carbocycles. The molecule has 2 aliphatic carbocycles. The van der Waals surface area contributed by atoms with Gasteiger partial charge in [-0.2, -0.15) is 0 Å². The van der Waals surface area contributed by atoms with E-state index in [0.717, 1.165) is 5.92 Å². The Morgan fingerprint density at radius 3 is 2.92 bits per heavy atom. The van der Waals surface area contributed by atoms with E-state index in [1.807, 2.05) is 0 Å². The normalized spacial score (nSPS) is 27.8. The van der Waals surface area contributed by atoms with E-state index in [4.69, 9.17) is 0 Å². The first-order valence-electron chi connectivity index (χ1n) is 5.27. The van der Waals surface area contributed by atoms with E-state index in [1.54, 1.807) is 11.1 Å². The summed E-state index contributed by atoms with van der Waals surface area (Å²) >= 11 is 0. The largest absolute Gasteiger partial charge is 0.0999 e. The molecule has 2 rings (SSSR count). The third-order valence-corrected chi connectivity index (χ3v) is 3.28. The van der Waals surface area contributed by atoms with Crippen LogP contribution in [0.1, 0.15) is 39.0 Å². The van der Waals surface area contributed by atoms with E-state index >= 15 is 0 Å². The highest BCUT2D eigenvalue weighted by molar-refractivity contribution is 5.33. The van der Waals surface area contributed by atoms with Gasteiger partial charge in [0, 0.05) is 0 Å². The molecule has 70 valence electrons. The second-order valence-electron chi connectivity index (χ2n) is 4.48. The van der Waals surface area contributed by atoms with Crippen LogP contribution in [0.3, 0.4) is 0 Å². The van der Waals surface area contributed by atoms with Gasteiger partial charge in [0.2, 0.25) is 0 Å². The van der Waals surface area contributed by atoms with Crippen molar-refractivity contribution in [3.8, 4) is 0 Å². The number of rotatable bonds is 2. The van der Waals surface area contributed by atoms with Crippen molar-refractivity contribution in [1.29, 1.82) is 0 Å². The summed E-state index contributed by atoms with van der Waals surface area (Å²) in [5.74, 6) is 0.889. The van der Waals surface area contributed by atoms with Gasteiger partial charge in [-0.05, 0) is 50.5 Å². The standard InChI is InChI=1S/C13H18/c1-10-6-7-12(8-10)9-13-5-3-4-11(13)2/h3,5,12H,1,4,6-9H2,2H3. The van der Waals surface area contributed by atoms with Crippen molar-refractivity contribution in [1.82, 2.24) is 0 Å². The van der Waals surface area contributed by atoms with Gasteiger partial charge in [-0.25, -0.2) is 0 Å². The molecule has 0 amide bonds. The molecule has 0 aliphatic heterocycles. The van der Waals surface area contributed by atoms with E-state index < -0.39 is 0 Å². The van der Waals surface area contributed by atoms with Crippen molar-refractivity contribution in [3.63, 3.8) is 0 Å². The fourth-order valence-corrected chi connectivity index (χ4v) is 2.40. The quantitative estimate of drug-likeness (QED) is 0.555. The van der Waals surface area contributed by atoms with Crippen LogP contribution in [-0.4, -0.2) is 0 Å². The minimum Gasteiger partial charge on any atom is -0.0999 e. The zero-order valence-electron chi connectivity index (χ0n) is 8.47. The van der Waals surface area contributed by atoms with Crippen LogP contribution in [0.4, 0.5) is 0 Å². The lowest BCUT2D eigenvalue weighted by molar-refractivity contribution is 0.554. The van der Waals surface area contributed by atoms with Gasteiger partial charge in [-0.1, -0.05) is 29.9 Å². The van der Waals surface area contributed by atoms with E-state index in [-0.39, 0.29) is 0 Å². The first-order chi connectivity index (χ1) is 6.25. The van der Waals surface area contributed by atoms with E-state index in [0.29, 0.717) is 0 Å². The molecule has 0 aromatic rings. The summed E-state index contributed by atoms with van der Waals surface area (Å²) in [5.41, 5.74) is 4.64. The van der Waals surface area contributed by atoms with Gasteiger partial charge in [0.1, 0.15) is 0 Å². The molecule has 0 saturated heterocycles. The smallest absolute Gasteiger partial charge is 0.0133 e. The molecular formula is C13H18. The molecule has 0 heteroatoms. The van der Waals surface area contributed by atoms with Gasteiger partial charge in [0.05, 0.1) is 0 Å². The number of hydrogen-bond acceptors (Lipinski definition) is 0. The van der Waals surface area contributed by atoms with Crippen LogP contribution in [0, 0.1) is 5.92 Å². The van der Waals surface area contributed by atoms with Crippen LogP contribution in [0.2, 0.25) is 0 Å². The highest BCUT2D eigenvalue weighted by Crippen LogP contribution is 2.35. The first kappa shape index (κ1) is 8.80. The molecule has 1 fully saturated rings. The number of allylic oxidation sites excluding steroid dienone is 5. The Labute approximate surface area is 81.0 Å². The minimum atomic E-state index is 0.889. The second kappa shape index (κ2) is 3.53. The maximum atomic E-state index is 4.06. The first-order valence-corrected chi connectivity index (χ1v) is 5.27. The summed E-state index contributed by atoms with van der Waals surface area (Å²) in [5, 5.41) is 0. The van der Waals surface area contributed by atoms with Crippen LogP contribution in [0.15, 0.2) is 35.5 Å². The van der Waals surface area contributed by atoms with Crippen molar-refractivity contribution in [3.05, 3.63) is 35.5 Å². The van der Waals surface area contributed by atoms with Crippen molar-refractivity contribution in [2.45, 2.75) is 39.0 Å². The molecule has 1 unspecified atom stereocenters. The van der Waals surface area contributed by atoms with Gasteiger partial charge in [-0.3, -0.25) is 0 Å². The molecule has 0 spiro atoms. The van der Waals surface area contributed by atoms with Crippen LogP contribution in [-0.2, 0) is 0 Å². The van der Waals surface area contributed by atoms with Gasteiger partial charge in [0.25, 0.3) is 0 Å². The lowest BCUT2D eigenvalue weighted by atomic mass is 9.96. The second-order valence-corrected chi connectivity index (χ2v) is 4.48. The molecule has 0 heterocycles. The summed E-state index contributed by atoms with van der Waals surface area (Å²) in [6, 6.07) is 0. The molecular weight excluding hydrogens is 156 g/mol. The maximum Gasteiger partial charge on any atom is -0.0133 e. The minimum absolute atomic E-state index is 0.889. The maximum absolute atomic E-state index is 4.06. The fraction of sp³-hybridized carbons (Fsp3) is 0.538. The molecule has 0 bridgehead atoms. The van der Waals surface area contributed by atoms with Crippen LogP contribution < -0.4 is 0 Å². The zero-order valence-corrected chi connectivity index (χ0v) is 8.47. The van der Waals surface area contributed by atoms with E-state index in [2.05, 4.69) is 25.7 Å². The summed E-state index contributed by atoms with van der Waals surface area (Å²) in [6.07, 6.45) is 11.0. The lowest BCUT2D eigenvalue weighted by Crippen LogP contribution is -1.94. The Morgan fingerprint density at radius 2 is 2.38 bits per heavy atom. The Balaban J connectivity index is 1.95. The predicted molar refractivity (Wildman–Crippen MR) is 57.6 cm³/mol. The molecule has 1 saturated carbocycles. The molecule has 13 heavy (non-hydrogen) atoms. The molecule has 0 N–H and O–H groups in total. The molecule has 1 atom stereocenters. The molecule has 0 aromatic heterocycles. The van der Waals surface area contributed by atoms with Crippen LogP contribution >= 0.6 is 0 Å². The van der Waals surface area contributed by atoms with Gasteiger partial charge >= 0.3 is 0 Å². The molecule has 0 nitrogen and oxygen atoms in total. The highest BCUT2D eigenvalue weighted by Gasteiger charge is 2.19. The third kappa shape index (κ3) is 1.93. The van der Waals surface area contributed by atoms with E-state index in [9.17, 15) is 0 Å². The highest BCUT2D eigenvalue weighted by atomic mass is 14.2. The zero-order chi connectivity index (χ0) is 9.26. The average molecular weight is 174 g/mol. The Hall–Kier alpha value is -0.780. The summed E-state index contributed by atoms with van der Waals surface area (Å²) in [7, 11) is 0. The number of hydrogen-bond donors (Lipinski definition) is 0. The molecule has 2 aliphatic rings.